The molecule has 1 aromatic carbocycles. The average molecular weight is 562 g/mol. The first-order valence-corrected chi connectivity index (χ1v) is 14.7. The maximum Gasteiger partial charge on any atom is 0.413 e. The zero-order chi connectivity index (χ0) is 29.1. The van der Waals surface area contributed by atoms with E-state index in [1.807, 2.05) is 51.2 Å². The summed E-state index contributed by atoms with van der Waals surface area (Å²) in [4.78, 5) is 22.2. The molecular formula is C30H35N5O4S. The van der Waals surface area contributed by atoms with Crippen molar-refractivity contribution in [2.24, 2.45) is 0 Å². The van der Waals surface area contributed by atoms with Gasteiger partial charge in [-0.3, -0.25) is 14.5 Å². The largest absolute Gasteiger partial charge is 0.444 e. The first-order chi connectivity index (χ1) is 18.9. The lowest BCUT2D eigenvalue weighted by Crippen LogP contribution is -2.27. The van der Waals surface area contributed by atoms with Crippen LogP contribution in [-0.2, 0) is 20.8 Å². The maximum atomic E-state index is 13.0. The molecule has 0 bridgehead atoms. The molecule has 9 nitrogen and oxygen atoms in total. The Labute approximate surface area is 235 Å². The van der Waals surface area contributed by atoms with Crippen LogP contribution >= 0.6 is 0 Å². The number of carbonyl (C=O) groups is 1. The van der Waals surface area contributed by atoms with Gasteiger partial charge in [0.25, 0.3) is 0 Å². The summed E-state index contributed by atoms with van der Waals surface area (Å²) < 4.78 is 24.1. The van der Waals surface area contributed by atoms with Gasteiger partial charge in [0.2, 0.25) is 0 Å². The minimum Gasteiger partial charge on any atom is -0.444 e. The molecule has 3 heterocycles. The standard InChI is InChI=1S/C30H35N5O4S/c1-19(2)40(7,37)23-12-13-25(32-18-23)22-14-24(28(33-17-22)34-29(36)38-30(3,4)5)27-15-26(35-39-27)21-10-8-20(9-11-21)16-31-6/h8-15,17-19,31H,7,16H2,1-6H3,(H,33,34,36). The lowest BCUT2D eigenvalue weighted by molar-refractivity contribution is 0.0635. The lowest BCUT2D eigenvalue weighted by Gasteiger charge is -2.20. The van der Waals surface area contributed by atoms with E-state index in [-0.39, 0.29) is 11.1 Å². The number of hydrogen-bond donors (Lipinski definition) is 2. The molecule has 1 amide bonds. The first kappa shape index (κ1) is 29.0. The molecule has 4 rings (SSSR count). The predicted octanol–water partition coefficient (Wildman–Crippen LogP) is 6.02. The van der Waals surface area contributed by atoms with Crippen LogP contribution in [0, 0.1) is 0 Å². The number of amides is 1. The first-order valence-electron chi connectivity index (χ1n) is 12.9. The lowest BCUT2D eigenvalue weighted by atomic mass is 10.1. The van der Waals surface area contributed by atoms with Crippen LogP contribution in [0.1, 0.15) is 40.2 Å². The number of aromatic nitrogens is 3. The Hall–Kier alpha value is -4.02. The van der Waals surface area contributed by atoms with Gasteiger partial charge in [-0.1, -0.05) is 43.3 Å². The molecule has 0 radical (unpaired) electrons. The summed E-state index contributed by atoms with van der Waals surface area (Å²) in [5.41, 5.74) is 3.78. The number of hydrogen-bond acceptors (Lipinski definition) is 8. The molecular weight excluding hydrogens is 526 g/mol. The van der Waals surface area contributed by atoms with Gasteiger partial charge in [0.05, 0.1) is 11.3 Å². The molecule has 1 unspecified atom stereocenters. The normalized spacial score (nSPS) is 13.2. The molecule has 0 saturated heterocycles. The number of anilines is 1. The quantitative estimate of drug-likeness (QED) is 0.251. The molecule has 0 aliphatic carbocycles. The summed E-state index contributed by atoms with van der Waals surface area (Å²) in [5.74, 6) is 4.56. The Bertz CT molecular complexity index is 1590. The zero-order valence-electron chi connectivity index (χ0n) is 23.6. The topological polar surface area (TPSA) is 119 Å². The number of rotatable bonds is 8. The molecule has 4 aromatic rings. The van der Waals surface area contributed by atoms with Crippen molar-refractivity contribution < 1.29 is 18.3 Å². The molecule has 10 heteroatoms. The van der Waals surface area contributed by atoms with E-state index in [4.69, 9.17) is 9.26 Å². The Kier molecular flexibility index (Phi) is 8.41. The third-order valence-electron chi connectivity index (χ3n) is 6.11. The number of ether oxygens (including phenoxy) is 1. The molecule has 0 aliphatic heterocycles. The third kappa shape index (κ3) is 6.75. The number of nitrogens with one attached hydrogen (secondary N) is 2. The molecule has 40 heavy (non-hydrogen) atoms. The molecule has 0 aliphatic rings. The van der Waals surface area contributed by atoms with Crippen molar-refractivity contribution in [2.45, 2.75) is 56.9 Å². The summed E-state index contributed by atoms with van der Waals surface area (Å²) >= 11 is 0. The van der Waals surface area contributed by atoms with Crippen molar-refractivity contribution in [3.8, 4) is 33.8 Å². The van der Waals surface area contributed by atoms with Crippen LogP contribution in [0.2, 0.25) is 0 Å². The number of benzene rings is 1. The third-order valence-corrected chi connectivity index (χ3v) is 8.67. The number of pyridine rings is 2. The Morgan fingerprint density at radius 1 is 1.02 bits per heavy atom. The minimum absolute atomic E-state index is 0.119. The fourth-order valence-electron chi connectivity index (χ4n) is 3.86. The van der Waals surface area contributed by atoms with E-state index < -0.39 is 21.2 Å². The van der Waals surface area contributed by atoms with Crippen LogP contribution in [0.3, 0.4) is 0 Å². The summed E-state index contributed by atoms with van der Waals surface area (Å²) in [6.45, 7) is 9.87. The molecule has 0 spiro atoms. The summed E-state index contributed by atoms with van der Waals surface area (Å²) in [6.07, 6.45) is 2.54. The van der Waals surface area contributed by atoms with Gasteiger partial charge in [0, 0.05) is 46.3 Å². The number of carbonyl (C=O) groups excluding carboxylic acids is 1. The van der Waals surface area contributed by atoms with E-state index in [2.05, 4.69) is 31.6 Å². The fourth-order valence-corrected chi connectivity index (χ4v) is 4.93. The predicted molar refractivity (Wildman–Crippen MR) is 160 cm³/mol. The van der Waals surface area contributed by atoms with Crippen molar-refractivity contribution in [3.63, 3.8) is 0 Å². The van der Waals surface area contributed by atoms with Crippen LogP contribution in [0.25, 0.3) is 33.8 Å². The summed E-state index contributed by atoms with van der Waals surface area (Å²) in [6, 6.07) is 15.2. The van der Waals surface area contributed by atoms with Crippen molar-refractivity contribution in [2.75, 3.05) is 12.4 Å². The van der Waals surface area contributed by atoms with E-state index in [0.29, 0.717) is 33.2 Å². The molecule has 2 N–H and O–H groups in total. The molecule has 3 aromatic heterocycles. The molecule has 0 saturated carbocycles. The number of nitrogens with zero attached hydrogens (tertiary/aromatic N) is 3. The highest BCUT2D eigenvalue weighted by atomic mass is 32.2. The molecule has 210 valence electrons. The van der Waals surface area contributed by atoms with Crippen LogP contribution in [0.5, 0.6) is 0 Å². The summed E-state index contributed by atoms with van der Waals surface area (Å²) in [7, 11) is -0.558. The van der Waals surface area contributed by atoms with E-state index in [1.165, 1.54) is 0 Å². The van der Waals surface area contributed by atoms with Crippen molar-refractivity contribution in [3.05, 3.63) is 66.5 Å². The van der Waals surface area contributed by atoms with Crippen LogP contribution in [-0.4, -0.2) is 49.2 Å². The van der Waals surface area contributed by atoms with Gasteiger partial charge < -0.3 is 14.6 Å². The smallest absolute Gasteiger partial charge is 0.413 e. The van der Waals surface area contributed by atoms with Crippen molar-refractivity contribution in [1.29, 1.82) is 0 Å². The van der Waals surface area contributed by atoms with E-state index in [0.717, 1.165) is 17.7 Å². The SMILES string of the molecule is C=S(=O)(c1ccc(-c2cnc(NC(=O)OC(C)(C)C)c(-c3cc(-c4ccc(CNC)cc4)no3)c2)nc1)C(C)C. The summed E-state index contributed by atoms with van der Waals surface area (Å²) in [5, 5.41) is 9.99. The highest BCUT2D eigenvalue weighted by molar-refractivity contribution is 8.00. The van der Waals surface area contributed by atoms with Crippen molar-refractivity contribution >= 4 is 27.3 Å². The van der Waals surface area contributed by atoms with Gasteiger partial charge in [0.1, 0.15) is 17.1 Å². The fraction of sp³-hybridized carbons (Fsp3) is 0.300. The van der Waals surface area contributed by atoms with E-state index in [9.17, 15) is 9.00 Å². The monoisotopic (exact) mass is 561 g/mol. The maximum absolute atomic E-state index is 13.0. The van der Waals surface area contributed by atoms with Gasteiger partial charge >= 0.3 is 6.09 Å². The van der Waals surface area contributed by atoms with E-state index in [1.54, 1.807) is 51.4 Å². The van der Waals surface area contributed by atoms with Crippen LogP contribution in [0.15, 0.2) is 70.3 Å². The van der Waals surface area contributed by atoms with Gasteiger partial charge in [-0.25, -0.2) is 9.78 Å². The average Bonchev–Trinajstić information content (AvgIpc) is 3.38. The van der Waals surface area contributed by atoms with Gasteiger partial charge in [-0.15, -0.1) is 0 Å². The van der Waals surface area contributed by atoms with Gasteiger partial charge in [-0.05, 0) is 67.0 Å². The second kappa shape index (κ2) is 11.6. The second-order valence-electron chi connectivity index (χ2n) is 10.7. The second-order valence-corrected chi connectivity index (χ2v) is 13.6. The Morgan fingerprint density at radius 3 is 2.35 bits per heavy atom. The Balaban J connectivity index is 1.72. The Morgan fingerprint density at radius 2 is 1.75 bits per heavy atom. The highest BCUT2D eigenvalue weighted by Crippen LogP contribution is 2.34. The van der Waals surface area contributed by atoms with Gasteiger partial charge in [-0.2, -0.15) is 0 Å². The van der Waals surface area contributed by atoms with E-state index >= 15 is 0 Å². The highest BCUT2D eigenvalue weighted by Gasteiger charge is 2.21. The van der Waals surface area contributed by atoms with Gasteiger partial charge in [0.15, 0.2) is 5.76 Å². The molecule has 0 fully saturated rings. The van der Waals surface area contributed by atoms with Crippen LogP contribution in [0.4, 0.5) is 10.6 Å². The zero-order valence-corrected chi connectivity index (χ0v) is 24.5. The molecule has 1 atom stereocenters. The van der Waals surface area contributed by atoms with Crippen molar-refractivity contribution in [1.82, 2.24) is 20.4 Å². The van der Waals surface area contributed by atoms with Crippen LogP contribution < -0.4 is 10.6 Å². The minimum atomic E-state index is -2.46.